The van der Waals surface area contributed by atoms with Gasteiger partial charge in [-0.25, -0.2) is 10.6 Å². The first-order valence-corrected chi connectivity index (χ1v) is 12.0. The molecule has 0 saturated carbocycles. The number of hydrazine groups is 1. The summed E-state index contributed by atoms with van der Waals surface area (Å²) in [6.45, 7) is 0. The second-order valence-electron chi connectivity index (χ2n) is 8.34. The molecule has 8 nitrogen and oxygen atoms in total. The molecular formula is C23H29N5O3S. The number of hydrogen-bond acceptors (Lipinski definition) is 5. The van der Waals surface area contributed by atoms with E-state index in [1.807, 2.05) is 54.2 Å². The van der Waals surface area contributed by atoms with E-state index in [0.717, 1.165) is 41.4 Å². The summed E-state index contributed by atoms with van der Waals surface area (Å²) in [6, 6.07) is 13.5. The SMILES string of the molecule is NNC(=O)C(Cc1cccc2ccccc12)NC(=O)CCCCC1SCC2NC(=O)NC21. The van der Waals surface area contributed by atoms with Gasteiger partial charge in [-0.15, -0.1) is 0 Å². The van der Waals surface area contributed by atoms with Crippen molar-refractivity contribution in [3.05, 3.63) is 48.0 Å². The molecule has 0 aliphatic carbocycles. The summed E-state index contributed by atoms with van der Waals surface area (Å²) < 4.78 is 0. The van der Waals surface area contributed by atoms with Crippen molar-refractivity contribution in [2.75, 3.05) is 5.75 Å². The molecule has 2 saturated heterocycles. The maximum Gasteiger partial charge on any atom is 0.315 e. The van der Waals surface area contributed by atoms with Crippen molar-refractivity contribution in [1.82, 2.24) is 21.4 Å². The predicted molar refractivity (Wildman–Crippen MR) is 126 cm³/mol. The first kappa shape index (κ1) is 22.4. The highest BCUT2D eigenvalue weighted by Gasteiger charge is 2.42. The molecule has 0 spiro atoms. The van der Waals surface area contributed by atoms with Crippen LogP contribution in [0.2, 0.25) is 0 Å². The number of carbonyl (C=O) groups is 3. The number of unbranched alkanes of at least 4 members (excludes halogenated alkanes) is 1. The lowest BCUT2D eigenvalue weighted by Crippen LogP contribution is -2.50. The Morgan fingerprint density at radius 2 is 1.94 bits per heavy atom. The summed E-state index contributed by atoms with van der Waals surface area (Å²) in [5.41, 5.74) is 3.15. The molecule has 32 heavy (non-hydrogen) atoms. The highest BCUT2D eigenvalue weighted by molar-refractivity contribution is 8.00. The number of hydrogen-bond donors (Lipinski definition) is 5. The van der Waals surface area contributed by atoms with E-state index >= 15 is 0 Å². The molecule has 9 heteroatoms. The van der Waals surface area contributed by atoms with Crippen LogP contribution in [0.15, 0.2) is 42.5 Å². The molecule has 4 atom stereocenters. The van der Waals surface area contributed by atoms with Gasteiger partial charge in [-0.05, 0) is 29.2 Å². The first-order chi connectivity index (χ1) is 15.5. The monoisotopic (exact) mass is 455 g/mol. The molecule has 2 aliphatic heterocycles. The number of nitrogens with two attached hydrogens (primary N) is 1. The largest absolute Gasteiger partial charge is 0.344 e. The zero-order valence-corrected chi connectivity index (χ0v) is 18.6. The Morgan fingerprint density at radius 1 is 1.12 bits per heavy atom. The van der Waals surface area contributed by atoms with Crippen LogP contribution in [-0.2, 0) is 16.0 Å². The van der Waals surface area contributed by atoms with Crippen molar-refractivity contribution in [2.24, 2.45) is 5.84 Å². The van der Waals surface area contributed by atoms with Crippen LogP contribution >= 0.6 is 11.8 Å². The summed E-state index contributed by atoms with van der Waals surface area (Å²) in [6.07, 6.45) is 3.28. The Hall–Kier alpha value is -2.78. The second kappa shape index (κ2) is 10.2. The molecule has 0 aromatic heterocycles. The molecular weight excluding hydrogens is 426 g/mol. The number of rotatable bonds is 9. The Bertz CT molecular complexity index is 995. The summed E-state index contributed by atoms with van der Waals surface area (Å²) in [7, 11) is 0. The van der Waals surface area contributed by atoms with Crippen LogP contribution in [0.4, 0.5) is 4.79 Å². The second-order valence-corrected chi connectivity index (χ2v) is 9.61. The third-order valence-electron chi connectivity index (χ3n) is 6.18. The van der Waals surface area contributed by atoms with Crippen LogP contribution < -0.4 is 27.2 Å². The Kier molecular flexibility index (Phi) is 7.16. The fraction of sp³-hybridized carbons (Fsp3) is 0.435. The molecule has 2 fully saturated rings. The molecule has 2 aromatic carbocycles. The van der Waals surface area contributed by atoms with E-state index in [4.69, 9.17) is 5.84 Å². The third kappa shape index (κ3) is 5.16. The van der Waals surface area contributed by atoms with E-state index < -0.39 is 11.9 Å². The Balaban J connectivity index is 1.28. The molecule has 170 valence electrons. The standard InChI is InChI=1S/C23H29N5O3S/c24-28-22(30)17(12-15-8-5-7-14-6-1-2-9-16(14)15)25-20(29)11-4-3-10-19-21-18(13-32-19)26-23(31)27-21/h1-2,5-9,17-19,21H,3-4,10-13,24H2,(H,25,29)(H,28,30)(H2,26,27,31). The van der Waals surface area contributed by atoms with E-state index in [2.05, 4.69) is 21.4 Å². The van der Waals surface area contributed by atoms with Gasteiger partial charge in [-0.2, -0.15) is 11.8 Å². The van der Waals surface area contributed by atoms with Gasteiger partial charge in [0.05, 0.1) is 12.1 Å². The molecule has 2 aromatic rings. The van der Waals surface area contributed by atoms with Gasteiger partial charge < -0.3 is 16.0 Å². The van der Waals surface area contributed by atoms with Crippen LogP contribution in [0.1, 0.15) is 31.2 Å². The van der Waals surface area contributed by atoms with Gasteiger partial charge in [0.2, 0.25) is 5.91 Å². The molecule has 4 amide bonds. The number of carbonyl (C=O) groups excluding carboxylic acids is 3. The topological polar surface area (TPSA) is 125 Å². The maximum atomic E-state index is 12.5. The number of nitrogens with one attached hydrogen (secondary N) is 4. The minimum absolute atomic E-state index is 0.0832. The fourth-order valence-electron chi connectivity index (χ4n) is 4.54. The van der Waals surface area contributed by atoms with Gasteiger partial charge >= 0.3 is 6.03 Å². The molecule has 0 bridgehead atoms. The summed E-state index contributed by atoms with van der Waals surface area (Å²) in [4.78, 5) is 36.4. The van der Waals surface area contributed by atoms with E-state index in [1.165, 1.54) is 0 Å². The van der Waals surface area contributed by atoms with E-state index in [0.29, 0.717) is 18.1 Å². The molecule has 0 radical (unpaired) electrons. The molecule has 4 rings (SSSR count). The lowest BCUT2D eigenvalue weighted by atomic mass is 9.98. The average molecular weight is 456 g/mol. The number of amides is 4. The van der Waals surface area contributed by atoms with Crippen molar-refractivity contribution < 1.29 is 14.4 Å². The number of thioether (sulfide) groups is 1. The van der Waals surface area contributed by atoms with Crippen molar-refractivity contribution in [1.29, 1.82) is 0 Å². The summed E-state index contributed by atoms with van der Waals surface area (Å²) >= 11 is 1.87. The van der Waals surface area contributed by atoms with Crippen molar-refractivity contribution >= 4 is 40.4 Å². The van der Waals surface area contributed by atoms with Crippen LogP contribution in [0.25, 0.3) is 10.8 Å². The highest BCUT2D eigenvalue weighted by Crippen LogP contribution is 2.33. The smallest absolute Gasteiger partial charge is 0.315 e. The maximum absolute atomic E-state index is 12.5. The van der Waals surface area contributed by atoms with Crippen LogP contribution in [-0.4, -0.2) is 47.0 Å². The van der Waals surface area contributed by atoms with Crippen LogP contribution in [0, 0.1) is 0 Å². The molecule has 2 aliphatic rings. The van der Waals surface area contributed by atoms with E-state index in [-0.39, 0.29) is 24.0 Å². The third-order valence-corrected chi connectivity index (χ3v) is 7.69. The van der Waals surface area contributed by atoms with Crippen molar-refractivity contribution in [3.8, 4) is 0 Å². The first-order valence-electron chi connectivity index (χ1n) is 11.0. The molecule has 2 heterocycles. The average Bonchev–Trinajstić information content (AvgIpc) is 3.35. The Labute approximate surface area is 191 Å². The quantitative estimate of drug-likeness (QED) is 0.129. The minimum Gasteiger partial charge on any atom is -0.344 e. The van der Waals surface area contributed by atoms with E-state index in [1.54, 1.807) is 0 Å². The van der Waals surface area contributed by atoms with Crippen LogP contribution in [0.5, 0.6) is 0 Å². The van der Waals surface area contributed by atoms with Gasteiger partial charge in [0.25, 0.3) is 5.91 Å². The van der Waals surface area contributed by atoms with Gasteiger partial charge in [0, 0.05) is 23.8 Å². The number of benzene rings is 2. The fourth-order valence-corrected chi connectivity index (χ4v) is 6.08. The number of urea groups is 1. The van der Waals surface area contributed by atoms with Crippen LogP contribution in [0.3, 0.4) is 0 Å². The van der Waals surface area contributed by atoms with Crippen molar-refractivity contribution in [2.45, 2.75) is 55.5 Å². The Morgan fingerprint density at radius 3 is 2.78 bits per heavy atom. The molecule has 4 unspecified atom stereocenters. The van der Waals surface area contributed by atoms with Crippen molar-refractivity contribution in [3.63, 3.8) is 0 Å². The summed E-state index contributed by atoms with van der Waals surface area (Å²) in [5, 5.41) is 11.3. The van der Waals surface area contributed by atoms with Gasteiger partial charge in [0.1, 0.15) is 6.04 Å². The minimum atomic E-state index is -0.732. The normalized spacial score (nSPS) is 22.7. The zero-order chi connectivity index (χ0) is 22.5. The highest BCUT2D eigenvalue weighted by atomic mass is 32.2. The van der Waals surface area contributed by atoms with Gasteiger partial charge in [0.15, 0.2) is 0 Å². The zero-order valence-electron chi connectivity index (χ0n) is 17.8. The molecule has 6 N–H and O–H groups in total. The lowest BCUT2D eigenvalue weighted by Gasteiger charge is -2.19. The number of fused-ring (bicyclic) bond motifs is 2. The summed E-state index contributed by atoms with van der Waals surface area (Å²) in [5.74, 6) is 5.73. The van der Waals surface area contributed by atoms with Gasteiger partial charge in [-0.3, -0.25) is 15.0 Å². The predicted octanol–water partition coefficient (Wildman–Crippen LogP) is 1.58. The lowest BCUT2D eigenvalue weighted by molar-refractivity contribution is -0.129. The van der Waals surface area contributed by atoms with Gasteiger partial charge in [-0.1, -0.05) is 48.9 Å². The van der Waals surface area contributed by atoms with E-state index in [9.17, 15) is 14.4 Å².